The van der Waals surface area contributed by atoms with Crippen LogP contribution >= 0.6 is 15.9 Å². The monoisotopic (exact) mass is 338 g/mol. The molecule has 0 saturated heterocycles. The summed E-state index contributed by atoms with van der Waals surface area (Å²) in [5.41, 5.74) is 2.34. The number of nitrogens with zero attached hydrogens (tertiary/aromatic N) is 2. The molecule has 4 nitrogen and oxygen atoms in total. The third kappa shape index (κ3) is 4.00. The normalized spacial score (nSPS) is 10.6. The van der Waals surface area contributed by atoms with Crippen molar-refractivity contribution < 1.29 is 9.47 Å². The van der Waals surface area contributed by atoms with Gasteiger partial charge in [0.25, 0.3) is 0 Å². The Morgan fingerprint density at radius 1 is 1.20 bits per heavy atom. The Kier molecular flexibility index (Phi) is 5.47. The van der Waals surface area contributed by atoms with Crippen LogP contribution < -0.4 is 9.47 Å². The van der Waals surface area contributed by atoms with E-state index in [-0.39, 0.29) is 0 Å². The van der Waals surface area contributed by atoms with Gasteiger partial charge in [0.1, 0.15) is 0 Å². The molecule has 0 aliphatic rings. The van der Waals surface area contributed by atoms with E-state index in [1.807, 2.05) is 44.6 Å². The quantitative estimate of drug-likeness (QED) is 0.726. The van der Waals surface area contributed by atoms with E-state index in [1.54, 1.807) is 4.68 Å². The van der Waals surface area contributed by atoms with Gasteiger partial charge in [0.05, 0.1) is 19.4 Å². The van der Waals surface area contributed by atoms with E-state index < -0.39 is 0 Å². The van der Waals surface area contributed by atoms with Crippen LogP contribution in [-0.2, 0) is 18.8 Å². The molecule has 108 valence electrons. The minimum Gasteiger partial charge on any atom is -0.490 e. The number of hydrogen-bond donors (Lipinski definition) is 0. The molecular formula is C15H19BrN2O2. The lowest BCUT2D eigenvalue weighted by Gasteiger charge is -2.12. The van der Waals surface area contributed by atoms with E-state index in [0.29, 0.717) is 13.2 Å². The molecule has 1 heterocycles. The van der Waals surface area contributed by atoms with Crippen molar-refractivity contribution in [3.05, 3.63) is 41.7 Å². The van der Waals surface area contributed by atoms with Crippen LogP contribution in [0.2, 0.25) is 0 Å². The summed E-state index contributed by atoms with van der Waals surface area (Å²) in [5.74, 6) is 1.59. The second kappa shape index (κ2) is 7.33. The minimum atomic E-state index is 0.611. The third-order valence-corrected chi connectivity index (χ3v) is 3.52. The number of benzene rings is 1. The van der Waals surface area contributed by atoms with Gasteiger partial charge in [0.2, 0.25) is 0 Å². The van der Waals surface area contributed by atoms with E-state index >= 15 is 0 Å². The topological polar surface area (TPSA) is 36.3 Å². The highest BCUT2D eigenvalue weighted by Crippen LogP contribution is 2.29. The van der Waals surface area contributed by atoms with Crippen LogP contribution in [0.1, 0.15) is 18.1 Å². The van der Waals surface area contributed by atoms with Crippen molar-refractivity contribution in [3.63, 3.8) is 0 Å². The average Bonchev–Trinajstić information content (AvgIpc) is 2.86. The molecule has 0 unspecified atom stereocenters. The van der Waals surface area contributed by atoms with Gasteiger partial charge in [-0.05, 0) is 30.2 Å². The molecule has 0 spiro atoms. The Bertz CT molecular complexity index is 555. The van der Waals surface area contributed by atoms with Crippen LogP contribution in [-0.4, -0.2) is 23.0 Å². The Hall–Kier alpha value is -1.49. The molecule has 1 aromatic carbocycles. The second-order valence-electron chi connectivity index (χ2n) is 4.47. The number of alkyl halides is 1. The van der Waals surface area contributed by atoms with Gasteiger partial charge in [-0.15, -0.1) is 0 Å². The molecule has 2 rings (SSSR count). The van der Waals surface area contributed by atoms with Gasteiger partial charge < -0.3 is 9.47 Å². The molecule has 0 bridgehead atoms. The number of hydrogen-bond acceptors (Lipinski definition) is 3. The molecule has 0 aliphatic carbocycles. The Balaban J connectivity index is 1.97. The van der Waals surface area contributed by atoms with Crippen LogP contribution in [0.15, 0.2) is 30.6 Å². The maximum atomic E-state index is 5.83. The number of halogens is 1. The summed E-state index contributed by atoms with van der Waals surface area (Å²) in [5, 5.41) is 4.95. The van der Waals surface area contributed by atoms with E-state index in [9.17, 15) is 0 Å². The first-order valence-electron chi connectivity index (χ1n) is 6.65. The van der Waals surface area contributed by atoms with Crippen LogP contribution in [0.3, 0.4) is 0 Å². The van der Waals surface area contributed by atoms with Crippen molar-refractivity contribution in [2.75, 3.05) is 13.2 Å². The standard InChI is InChI=1S/C15H19BrN2O2/c1-3-19-15-8-12(9-16)4-5-14(15)20-7-6-13-10-17-18(2)11-13/h4-5,8,10-11H,3,6-7,9H2,1-2H3. The SMILES string of the molecule is CCOc1cc(CBr)ccc1OCCc1cnn(C)c1. The van der Waals surface area contributed by atoms with Gasteiger partial charge >= 0.3 is 0 Å². The van der Waals surface area contributed by atoms with Crippen LogP contribution in [0.4, 0.5) is 0 Å². The van der Waals surface area contributed by atoms with E-state index in [4.69, 9.17) is 9.47 Å². The summed E-state index contributed by atoms with van der Waals surface area (Å²) in [6, 6.07) is 6.01. The lowest BCUT2D eigenvalue weighted by Crippen LogP contribution is -2.03. The van der Waals surface area contributed by atoms with Crippen molar-refractivity contribution >= 4 is 15.9 Å². The summed E-state index contributed by atoms with van der Waals surface area (Å²) in [4.78, 5) is 0. The van der Waals surface area contributed by atoms with Gasteiger partial charge in [-0.1, -0.05) is 22.0 Å². The highest BCUT2D eigenvalue weighted by atomic mass is 79.9. The summed E-state index contributed by atoms with van der Waals surface area (Å²) in [6.45, 7) is 3.21. The molecule has 0 atom stereocenters. The molecule has 0 saturated carbocycles. The molecule has 0 amide bonds. The van der Waals surface area contributed by atoms with Crippen molar-refractivity contribution in [1.82, 2.24) is 9.78 Å². The fourth-order valence-corrected chi connectivity index (χ4v) is 2.25. The predicted octanol–water partition coefficient (Wildman–Crippen LogP) is 3.34. The highest BCUT2D eigenvalue weighted by Gasteiger charge is 2.06. The highest BCUT2D eigenvalue weighted by molar-refractivity contribution is 9.08. The van der Waals surface area contributed by atoms with E-state index in [1.165, 1.54) is 11.1 Å². The van der Waals surface area contributed by atoms with Gasteiger partial charge in [-0.3, -0.25) is 4.68 Å². The Labute approximate surface area is 127 Å². The number of rotatable bonds is 7. The molecule has 5 heteroatoms. The van der Waals surface area contributed by atoms with Crippen molar-refractivity contribution in [1.29, 1.82) is 0 Å². The smallest absolute Gasteiger partial charge is 0.161 e. The Morgan fingerprint density at radius 2 is 2.05 bits per heavy atom. The van der Waals surface area contributed by atoms with E-state index in [2.05, 4.69) is 21.0 Å². The lowest BCUT2D eigenvalue weighted by molar-refractivity contribution is 0.279. The molecule has 0 radical (unpaired) electrons. The largest absolute Gasteiger partial charge is 0.490 e. The van der Waals surface area contributed by atoms with Gasteiger partial charge in [0, 0.05) is 25.0 Å². The summed E-state index contributed by atoms with van der Waals surface area (Å²) in [6.07, 6.45) is 4.70. The Morgan fingerprint density at radius 3 is 2.70 bits per heavy atom. The summed E-state index contributed by atoms with van der Waals surface area (Å²) in [7, 11) is 1.91. The number of aromatic nitrogens is 2. The molecule has 0 N–H and O–H groups in total. The molecule has 2 aromatic rings. The average molecular weight is 339 g/mol. The molecular weight excluding hydrogens is 320 g/mol. The van der Waals surface area contributed by atoms with Gasteiger partial charge in [-0.2, -0.15) is 5.10 Å². The van der Waals surface area contributed by atoms with Crippen molar-refractivity contribution in [3.8, 4) is 11.5 Å². The zero-order valence-electron chi connectivity index (χ0n) is 11.8. The van der Waals surface area contributed by atoms with E-state index in [0.717, 1.165) is 23.2 Å². The summed E-state index contributed by atoms with van der Waals surface area (Å²) >= 11 is 3.45. The van der Waals surface area contributed by atoms with Crippen LogP contribution in [0.25, 0.3) is 0 Å². The third-order valence-electron chi connectivity index (χ3n) is 2.87. The lowest BCUT2D eigenvalue weighted by atomic mass is 10.2. The van der Waals surface area contributed by atoms with Gasteiger partial charge in [-0.25, -0.2) is 0 Å². The number of aryl methyl sites for hydroxylation is 1. The predicted molar refractivity (Wildman–Crippen MR) is 82.6 cm³/mol. The minimum absolute atomic E-state index is 0.611. The fraction of sp³-hybridized carbons (Fsp3) is 0.400. The fourth-order valence-electron chi connectivity index (χ4n) is 1.90. The first-order valence-corrected chi connectivity index (χ1v) is 7.77. The number of ether oxygens (including phenoxy) is 2. The molecule has 20 heavy (non-hydrogen) atoms. The molecule has 1 aromatic heterocycles. The van der Waals surface area contributed by atoms with Crippen LogP contribution in [0.5, 0.6) is 11.5 Å². The zero-order chi connectivity index (χ0) is 14.4. The maximum Gasteiger partial charge on any atom is 0.161 e. The van der Waals surface area contributed by atoms with Gasteiger partial charge in [0.15, 0.2) is 11.5 Å². The maximum absolute atomic E-state index is 5.83. The van der Waals surface area contributed by atoms with Crippen molar-refractivity contribution in [2.24, 2.45) is 7.05 Å². The zero-order valence-corrected chi connectivity index (χ0v) is 13.4. The first-order chi connectivity index (χ1) is 9.72. The molecule has 0 aliphatic heterocycles. The van der Waals surface area contributed by atoms with Crippen molar-refractivity contribution in [2.45, 2.75) is 18.7 Å². The molecule has 0 fully saturated rings. The summed E-state index contributed by atoms with van der Waals surface area (Å²) < 4.78 is 13.2. The van der Waals surface area contributed by atoms with Crippen LogP contribution in [0, 0.1) is 0 Å². The first kappa shape index (κ1) is 14.9. The second-order valence-corrected chi connectivity index (χ2v) is 5.03.